The van der Waals surface area contributed by atoms with Crippen LogP contribution in [0.5, 0.6) is 0 Å². The number of nitrogens with one attached hydrogen (secondary N) is 3. The quantitative estimate of drug-likeness (QED) is 0.522. The molecular weight excluding hydrogens is 278 g/mol. The van der Waals surface area contributed by atoms with E-state index in [1.165, 1.54) is 25.8 Å². The van der Waals surface area contributed by atoms with Gasteiger partial charge >= 0.3 is 0 Å². The van der Waals surface area contributed by atoms with Gasteiger partial charge in [-0.15, -0.1) is 0 Å². The van der Waals surface area contributed by atoms with Crippen LogP contribution in [0.2, 0.25) is 0 Å². The summed E-state index contributed by atoms with van der Waals surface area (Å²) in [7, 11) is 1.72. The molecule has 6 heteroatoms. The van der Waals surface area contributed by atoms with Crippen LogP contribution in [0.1, 0.15) is 47.0 Å². The first-order valence-electron chi connectivity index (χ1n) is 8.31. The summed E-state index contributed by atoms with van der Waals surface area (Å²) in [6.07, 6.45) is 3.93. The molecule has 128 valence electrons. The Morgan fingerprint density at radius 1 is 1.27 bits per heavy atom. The Morgan fingerprint density at radius 3 is 2.59 bits per heavy atom. The largest absolute Gasteiger partial charge is 0.355 e. The monoisotopic (exact) mass is 311 g/mol. The number of rotatable bonds is 5. The van der Waals surface area contributed by atoms with Crippen molar-refractivity contribution >= 4 is 11.9 Å². The van der Waals surface area contributed by atoms with Crippen molar-refractivity contribution in [2.24, 2.45) is 4.99 Å². The summed E-state index contributed by atoms with van der Waals surface area (Å²) in [5.74, 6) is 0.647. The first-order valence-corrected chi connectivity index (χ1v) is 8.31. The Balaban J connectivity index is 2.23. The van der Waals surface area contributed by atoms with E-state index in [2.05, 4.69) is 32.8 Å². The number of hydrogen-bond acceptors (Lipinski definition) is 3. The minimum absolute atomic E-state index is 0.0277. The Kier molecular flexibility index (Phi) is 7.65. The number of likely N-dealkylation sites (tertiary alicyclic amines) is 1. The molecule has 22 heavy (non-hydrogen) atoms. The van der Waals surface area contributed by atoms with Crippen molar-refractivity contribution in [3.63, 3.8) is 0 Å². The van der Waals surface area contributed by atoms with Gasteiger partial charge in [-0.05, 0) is 47.1 Å². The Bertz CT molecular complexity index is 375. The summed E-state index contributed by atoms with van der Waals surface area (Å²) >= 11 is 0. The van der Waals surface area contributed by atoms with Crippen molar-refractivity contribution in [1.82, 2.24) is 20.9 Å². The number of carbonyl (C=O) groups is 1. The van der Waals surface area contributed by atoms with E-state index < -0.39 is 0 Å². The van der Waals surface area contributed by atoms with Gasteiger partial charge in [0, 0.05) is 31.7 Å². The predicted molar refractivity (Wildman–Crippen MR) is 92.1 cm³/mol. The van der Waals surface area contributed by atoms with Crippen molar-refractivity contribution in [3.8, 4) is 0 Å². The molecule has 6 nitrogen and oxygen atoms in total. The molecule has 1 saturated heterocycles. The van der Waals surface area contributed by atoms with Crippen LogP contribution in [-0.2, 0) is 4.79 Å². The highest BCUT2D eigenvalue weighted by Gasteiger charge is 2.17. The van der Waals surface area contributed by atoms with Gasteiger partial charge in [-0.25, -0.2) is 0 Å². The minimum Gasteiger partial charge on any atom is -0.355 e. The van der Waals surface area contributed by atoms with Gasteiger partial charge in [0.25, 0.3) is 0 Å². The van der Waals surface area contributed by atoms with Crippen molar-refractivity contribution < 1.29 is 4.79 Å². The molecule has 0 aromatic rings. The van der Waals surface area contributed by atoms with Gasteiger partial charge in [0.05, 0.1) is 6.54 Å². The standard InChI is InChI=1S/C16H33N5O/c1-13-8-6-7-10-21(13)11-9-18-15(17-5)19-12-14(22)20-16(2,3)4/h13H,6-12H2,1-5H3,(H,20,22)(H2,17,18,19). The molecule has 0 bridgehead atoms. The molecule has 1 atom stereocenters. The van der Waals surface area contributed by atoms with Gasteiger partial charge < -0.3 is 16.0 Å². The van der Waals surface area contributed by atoms with E-state index in [0.29, 0.717) is 12.0 Å². The average molecular weight is 311 g/mol. The Labute approximate surface area is 135 Å². The molecule has 1 rings (SSSR count). The van der Waals surface area contributed by atoms with Crippen LogP contribution in [0.25, 0.3) is 0 Å². The van der Waals surface area contributed by atoms with E-state index in [4.69, 9.17) is 0 Å². The Hall–Kier alpha value is -1.30. The molecule has 1 fully saturated rings. The van der Waals surface area contributed by atoms with Crippen LogP contribution >= 0.6 is 0 Å². The van der Waals surface area contributed by atoms with Gasteiger partial charge in [-0.1, -0.05) is 6.42 Å². The van der Waals surface area contributed by atoms with E-state index in [1.54, 1.807) is 7.05 Å². The highest BCUT2D eigenvalue weighted by Crippen LogP contribution is 2.15. The molecule has 1 heterocycles. The van der Waals surface area contributed by atoms with Gasteiger partial charge in [-0.3, -0.25) is 14.7 Å². The van der Waals surface area contributed by atoms with Crippen LogP contribution < -0.4 is 16.0 Å². The predicted octanol–water partition coefficient (Wildman–Crippen LogP) is 0.941. The SMILES string of the molecule is CN=C(NCCN1CCCCC1C)NCC(=O)NC(C)(C)C. The zero-order chi connectivity index (χ0) is 16.6. The van der Waals surface area contributed by atoms with Crippen molar-refractivity contribution in [2.75, 3.05) is 33.2 Å². The fourth-order valence-corrected chi connectivity index (χ4v) is 2.65. The first-order chi connectivity index (χ1) is 10.3. The molecular formula is C16H33N5O. The lowest BCUT2D eigenvalue weighted by molar-refractivity contribution is -0.121. The molecule has 0 aliphatic carbocycles. The van der Waals surface area contributed by atoms with E-state index in [-0.39, 0.29) is 18.0 Å². The van der Waals surface area contributed by atoms with E-state index >= 15 is 0 Å². The summed E-state index contributed by atoms with van der Waals surface area (Å²) in [5.41, 5.74) is -0.208. The van der Waals surface area contributed by atoms with E-state index in [0.717, 1.165) is 13.1 Å². The summed E-state index contributed by atoms with van der Waals surface area (Å²) in [5, 5.41) is 9.24. The maximum Gasteiger partial charge on any atom is 0.239 e. The summed E-state index contributed by atoms with van der Waals surface area (Å²) in [6, 6.07) is 0.670. The number of carbonyl (C=O) groups excluding carboxylic acids is 1. The van der Waals surface area contributed by atoms with Gasteiger partial charge in [0.15, 0.2) is 5.96 Å². The summed E-state index contributed by atoms with van der Waals surface area (Å²) < 4.78 is 0. The van der Waals surface area contributed by atoms with Crippen molar-refractivity contribution in [2.45, 2.75) is 58.5 Å². The third-order valence-electron chi connectivity index (χ3n) is 3.79. The molecule has 0 aromatic heterocycles. The molecule has 1 amide bonds. The number of hydrogen-bond donors (Lipinski definition) is 3. The third kappa shape index (κ3) is 7.64. The number of piperidine rings is 1. The molecule has 1 aliphatic rings. The highest BCUT2D eigenvalue weighted by molar-refractivity contribution is 5.86. The molecule has 0 saturated carbocycles. The summed E-state index contributed by atoms with van der Waals surface area (Å²) in [4.78, 5) is 18.4. The topological polar surface area (TPSA) is 68.8 Å². The van der Waals surface area contributed by atoms with Crippen LogP contribution in [-0.4, -0.2) is 61.6 Å². The second kappa shape index (κ2) is 8.98. The van der Waals surface area contributed by atoms with E-state index in [1.807, 2.05) is 20.8 Å². The second-order valence-electron chi connectivity index (χ2n) is 7.03. The smallest absolute Gasteiger partial charge is 0.239 e. The number of amides is 1. The second-order valence-corrected chi connectivity index (χ2v) is 7.03. The van der Waals surface area contributed by atoms with Crippen molar-refractivity contribution in [3.05, 3.63) is 0 Å². The fraction of sp³-hybridized carbons (Fsp3) is 0.875. The maximum absolute atomic E-state index is 11.8. The average Bonchev–Trinajstić information content (AvgIpc) is 2.42. The molecule has 0 radical (unpaired) electrons. The lowest BCUT2D eigenvalue weighted by Gasteiger charge is -2.33. The molecule has 1 aliphatic heterocycles. The van der Waals surface area contributed by atoms with Crippen molar-refractivity contribution in [1.29, 1.82) is 0 Å². The highest BCUT2D eigenvalue weighted by atomic mass is 16.2. The van der Waals surface area contributed by atoms with Crippen LogP contribution in [0, 0.1) is 0 Å². The number of aliphatic imine (C=N–C) groups is 1. The van der Waals surface area contributed by atoms with Crippen LogP contribution in [0.3, 0.4) is 0 Å². The molecule has 3 N–H and O–H groups in total. The summed E-state index contributed by atoms with van der Waals surface area (Å²) in [6.45, 7) is 11.5. The maximum atomic E-state index is 11.8. The van der Waals surface area contributed by atoms with Gasteiger partial charge in [-0.2, -0.15) is 0 Å². The normalized spacial score (nSPS) is 20.6. The molecule has 0 spiro atoms. The van der Waals surface area contributed by atoms with Gasteiger partial charge in [0.2, 0.25) is 5.91 Å². The minimum atomic E-state index is -0.208. The lowest BCUT2D eigenvalue weighted by Crippen LogP contribution is -2.49. The number of nitrogens with zero attached hydrogens (tertiary/aromatic N) is 2. The zero-order valence-corrected chi connectivity index (χ0v) is 14.8. The zero-order valence-electron chi connectivity index (χ0n) is 14.8. The van der Waals surface area contributed by atoms with Crippen LogP contribution in [0.15, 0.2) is 4.99 Å². The molecule has 0 aromatic carbocycles. The third-order valence-corrected chi connectivity index (χ3v) is 3.79. The van der Waals surface area contributed by atoms with E-state index in [9.17, 15) is 4.79 Å². The lowest BCUT2D eigenvalue weighted by atomic mass is 10.0. The first kappa shape index (κ1) is 18.7. The fourth-order valence-electron chi connectivity index (χ4n) is 2.65. The Morgan fingerprint density at radius 2 is 2.00 bits per heavy atom. The number of guanidine groups is 1. The van der Waals surface area contributed by atoms with Crippen LogP contribution in [0.4, 0.5) is 0 Å². The van der Waals surface area contributed by atoms with Gasteiger partial charge in [0.1, 0.15) is 0 Å². The molecule has 1 unspecified atom stereocenters.